The minimum Gasteiger partial charge on any atom is -0.197 e. The molecule has 0 amide bonds. The maximum Gasteiger partial charge on any atom is 0.0592 e. The van der Waals surface area contributed by atoms with Crippen LogP contribution in [0, 0.1) is 20.8 Å². The fourth-order valence-corrected chi connectivity index (χ4v) is 2.82. The van der Waals surface area contributed by atoms with Crippen molar-refractivity contribution in [3.63, 3.8) is 0 Å². The molecule has 1 nitrogen and oxygen atoms in total. The van der Waals surface area contributed by atoms with Gasteiger partial charge >= 0.3 is 0 Å². The Morgan fingerprint density at radius 1 is 1.19 bits per heavy atom. The molecule has 84 valence electrons. The van der Waals surface area contributed by atoms with Crippen LogP contribution in [0.15, 0.2) is 18.2 Å². The summed E-state index contributed by atoms with van der Waals surface area (Å²) < 4.78 is 4.41. The van der Waals surface area contributed by atoms with Crippen LogP contribution in [0.5, 0.6) is 0 Å². The van der Waals surface area contributed by atoms with Gasteiger partial charge in [-0.05, 0) is 55.4 Å². The fraction of sp³-hybridized carbons (Fsp3) is 0.357. The van der Waals surface area contributed by atoms with Crippen LogP contribution in [-0.2, 0) is 6.42 Å². The van der Waals surface area contributed by atoms with E-state index in [9.17, 15) is 0 Å². The van der Waals surface area contributed by atoms with E-state index >= 15 is 0 Å². The molecule has 2 rings (SSSR count). The molecule has 1 heterocycles. The van der Waals surface area contributed by atoms with E-state index < -0.39 is 0 Å². The van der Waals surface area contributed by atoms with Gasteiger partial charge < -0.3 is 0 Å². The average Bonchev–Trinajstić information content (AvgIpc) is 2.60. The SMILES string of the molecule is CCc1cc(-c2c(C)nsc2C)ccc1C. The van der Waals surface area contributed by atoms with E-state index in [4.69, 9.17) is 0 Å². The summed E-state index contributed by atoms with van der Waals surface area (Å²) in [5, 5.41) is 0. The zero-order valence-corrected chi connectivity index (χ0v) is 11.1. The summed E-state index contributed by atoms with van der Waals surface area (Å²) >= 11 is 1.59. The first-order valence-electron chi connectivity index (χ1n) is 5.66. The Balaban J connectivity index is 2.57. The minimum atomic E-state index is 1.09. The first kappa shape index (κ1) is 11.3. The molecule has 0 N–H and O–H groups in total. The standard InChI is InChI=1S/C14H17NS/c1-5-12-8-13(7-6-9(12)2)14-10(3)15-16-11(14)4/h6-8H,5H2,1-4H3. The number of nitrogens with zero attached hydrogens (tertiary/aromatic N) is 1. The molecule has 2 heteroatoms. The van der Waals surface area contributed by atoms with E-state index in [0.29, 0.717) is 0 Å². The summed E-state index contributed by atoms with van der Waals surface area (Å²) in [6.07, 6.45) is 1.09. The molecule has 0 bridgehead atoms. The molecule has 0 spiro atoms. The van der Waals surface area contributed by atoms with Crippen molar-refractivity contribution in [2.24, 2.45) is 0 Å². The summed E-state index contributed by atoms with van der Waals surface area (Å²) in [5.41, 5.74) is 6.59. The molecule has 0 aliphatic heterocycles. The Bertz CT molecular complexity index is 492. The lowest BCUT2D eigenvalue weighted by molar-refractivity contribution is 1.11. The van der Waals surface area contributed by atoms with Crippen LogP contribution in [0.25, 0.3) is 11.1 Å². The Morgan fingerprint density at radius 3 is 2.50 bits per heavy atom. The normalized spacial score (nSPS) is 10.8. The summed E-state index contributed by atoms with van der Waals surface area (Å²) in [4.78, 5) is 1.31. The van der Waals surface area contributed by atoms with Crippen LogP contribution in [0.1, 0.15) is 28.6 Å². The topological polar surface area (TPSA) is 12.9 Å². The number of hydrogen-bond donors (Lipinski definition) is 0. The van der Waals surface area contributed by atoms with Gasteiger partial charge in [0.2, 0.25) is 0 Å². The highest BCUT2D eigenvalue weighted by Gasteiger charge is 2.10. The van der Waals surface area contributed by atoms with Crippen LogP contribution < -0.4 is 0 Å². The Kier molecular flexibility index (Phi) is 3.10. The van der Waals surface area contributed by atoms with Crippen LogP contribution in [0.3, 0.4) is 0 Å². The zero-order valence-electron chi connectivity index (χ0n) is 10.3. The molecule has 0 atom stereocenters. The van der Waals surface area contributed by atoms with E-state index in [-0.39, 0.29) is 0 Å². The number of aryl methyl sites for hydroxylation is 4. The number of rotatable bonds is 2. The second-order valence-electron chi connectivity index (χ2n) is 4.19. The molecule has 0 radical (unpaired) electrons. The Hall–Kier alpha value is -1.15. The smallest absolute Gasteiger partial charge is 0.0592 e. The van der Waals surface area contributed by atoms with Crippen LogP contribution >= 0.6 is 11.5 Å². The number of benzene rings is 1. The third kappa shape index (κ3) is 1.90. The minimum absolute atomic E-state index is 1.09. The van der Waals surface area contributed by atoms with Gasteiger partial charge in [-0.2, -0.15) is 4.37 Å². The summed E-state index contributed by atoms with van der Waals surface area (Å²) in [7, 11) is 0. The fourth-order valence-electron chi connectivity index (χ4n) is 2.10. The van der Waals surface area contributed by atoms with Gasteiger partial charge in [-0.15, -0.1) is 0 Å². The largest absolute Gasteiger partial charge is 0.197 e. The van der Waals surface area contributed by atoms with Gasteiger partial charge in [0.05, 0.1) is 5.69 Å². The lowest BCUT2D eigenvalue weighted by Gasteiger charge is -2.07. The number of hydrogen-bond acceptors (Lipinski definition) is 2. The van der Waals surface area contributed by atoms with Crippen molar-refractivity contribution in [3.8, 4) is 11.1 Å². The van der Waals surface area contributed by atoms with Crippen molar-refractivity contribution in [2.45, 2.75) is 34.1 Å². The van der Waals surface area contributed by atoms with Crippen molar-refractivity contribution >= 4 is 11.5 Å². The van der Waals surface area contributed by atoms with Crippen molar-refractivity contribution < 1.29 is 0 Å². The monoisotopic (exact) mass is 231 g/mol. The average molecular weight is 231 g/mol. The van der Waals surface area contributed by atoms with Gasteiger partial charge in [0.1, 0.15) is 0 Å². The second kappa shape index (κ2) is 4.38. The molecule has 0 saturated heterocycles. The Morgan fingerprint density at radius 2 is 1.94 bits per heavy atom. The van der Waals surface area contributed by atoms with Gasteiger partial charge in [-0.3, -0.25) is 0 Å². The van der Waals surface area contributed by atoms with Gasteiger partial charge in [0.25, 0.3) is 0 Å². The van der Waals surface area contributed by atoms with E-state index in [2.05, 4.69) is 50.3 Å². The van der Waals surface area contributed by atoms with E-state index in [0.717, 1.165) is 12.1 Å². The molecule has 1 aromatic heterocycles. The molecule has 0 aliphatic rings. The van der Waals surface area contributed by atoms with Gasteiger partial charge in [0.15, 0.2) is 0 Å². The van der Waals surface area contributed by atoms with Gasteiger partial charge in [-0.25, -0.2) is 0 Å². The first-order valence-corrected chi connectivity index (χ1v) is 6.43. The molecule has 0 aliphatic carbocycles. The Labute approximate surface area is 101 Å². The van der Waals surface area contributed by atoms with E-state index in [1.807, 2.05) is 0 Å². The van der Waals surface area contributed by atoms with Gasteiger partial charge in [-0.1, -0.05) is 25.1 Å². The molecule has 0 unspecified atom stereocenters. The first-order chi connectivity index (χ1) is 7.63. The van der Waals surface area contributed by atoms with Crippen LogP contribution in [-0.4, -0.2) is 4.37 Å². The van der Waals surface area contributed by atoms with E-state index in [1.165, 1.54) is 27.1 Å². The van der Waals surface area contributed by atoms with Crippen molar-refractivity contribution in [2.75, 3.05) is 0 Å². The summed E-state index contributed by atoms with van der Waals surface area (Å²) in [6.45, 7) is 8.61. The molecule has 16 heavy (non-hydrogen) atoms. The lowest BCUT2D eigenvalue weighted by Crippen LogP contribution is -1.89. The lowest BCUT2D eigenvalue weighted by atomic mass is 9.98. The molecule has 1 aromatic carbocycles. The predicted octanol–water partition coefficient (Wildman–Crippen LogP) is 4.30. The number of aromatic nitrogens is 1. The van der Waals surface area contributed by atoms with E-state index in [1.54, 1.807) is 11.5 Å². The van der Waals surface area contributed by atoms with Crippen molar-refractivity contribution in [3.05, 3.63) is 39.9 Å². The highest BCUT2D eigenvalue weighted by atomic mass is 32.1. The zero-order chi connectivity index (χ0) is 11.7. The van der Waals surface area contributed by atoms with Crippen LogP contribution in [0.2, 0.25) is 0 Å². The predicted molar refractivity (Wildman–Crippen MR) is 71.1 cm³/mol. The second-order valence-corrected chi connectivity index (χ2v) is 5.17. The molecule has 2 aromatic rings. The molecule has 0 saturated carbocycles. The van der Waals surface area contributed by atoms with Crippen LogP contribution in [0.4, 0.5) is 0 Å². The van der Waals surface area contributed by atoms with Crippen molar-refractivity contribution in [1.29, 1.82) is 0 Å². The van der Waals surface area contributed by atoms with Gasteiger partial charge in [0, 0.05) is 10.4 Å². The maximum absolute atomic E-state index is 4.41. The third-order valence-corrected chi connectivity index (χ3v) is 3.90. The molecular formula is C14H17NS. The maximum atomic E-state index is 4.41. The molecule has 0 fully saturated rings. The highest BCUT2D eigenvalue weighted by Crippen LogP contribution is 2.30. The third-order valence-electron chi connectivity index (χ3n) is 3.05. The summed E-state index contributed by atoms with van der Waals surface area (Å²) in [6, 6.07) is 6.72. The highest BCUT2D eigenvalue weighted by molar-refractivity contribution is 7.06. The van der Waals surface area contributed by atoms with Crippen molar-refractivity contribution in [1.82, 2.24) is 4.37 Å². The summed E-state index contributed by atoms with van der Waals surface area (Å²) in [5.74, 6) is 0. The molecular weight excluding hydrogens is 214 g/mol. The quantitative estimate of drug-likeness (QED) is 0.751.